The number of imide groups is 1. The molecule has 4 aliphatic rings. The molecule has 154 valence electrons. The molecule has 1 saturated heterocycles. The molecule has 0 unspecified atom stereocenters. The van der Waals surface area contributed by atoms with E-state index in [0.717, 1.165) is 33.0 Å². The van der Waals surface area contributed by atoms with Gasteiger partial charge in [0.1, 0.15) is 4.87 Å². The summed E-state index contributed by atoms with van der Waals surface area (Å²) in [6, 6.07) is 29.6. The van der Waals surface area contributed by atoms with Crippen molar-refractivity contribution in [3.8, 4) is 0 Å². The van der Waals surface area contributed by atoms with Gasteiger partial charge in [0.05, 0.1) is 17.5 Å². The minimum absolute atomic E-state index is 0.157. The molecule has 4 aromatic carbocycles. The van der Waals surface area contributed by atoms with E-state index < -0.39 is 16.7 Å². The Kier molecular flexibility index (Phi) is 3.45. The summed E-state index contributed by atoms with van der Waals surface area (Å²) in [5.74, 6) is -1.69. The van der Waals surface area contributed by atoms with E-state index in [1.54, 1.807) is 0 Å². The first-order chi connectivity index (χ1) is 15.6. The Bertz CT molecular complexity index is 1420. The molecule has 1 heterocycles. The van der Waals surface area contributed by atoms with E-state index >= 15 is 0 Å². The fourth-order valence-corrected chi connectivity index (χ4v) is 6.89. The van der Waals surface area contributed by atoms with Gasteiger partial charge in [-0.15, -0.1) is 11.6 Å². The molecule has 2 bridgehead atoms. The highest BCUT2D eigenvalue weighted by Crippen LogP contribution is 2.66. The zero-order valence-electron chi connectivity index (χ0n) is 17.0. The van der Waals surface area contributed by atoms with Crippen LogP contribution in [0.4, 0.5) is 5.69 Å². The highest BCUT2D eigenvalue weighted by Gasteiger charge is 2.68. The van der Waals surface area contributed by atoms with Crippen molar-refractivity contribution in [3.63, 3.8) is 0 Å². The molecule has 0 radical (unpaired) electrons. The summed E-state index contributed by atoms with van der Waals surface area (Å²) in [7, 11) is 0. The van der Waals surface area contributed by atoms with E-state index in [0.29, 0.717) is 5.69 Å². The summed E-state index contributed by atoms with van der Waals surface area (Å²) in [6.45, 7) is 0. The number of rotatable bonds is 1. The summed E-state index contributed by atoms with van der Waals surface area (Å²) in [4.78, 5) is 28.4. The van der Waals surface area contributed by atoms with Crippen LogP contribution in [0.3, 0.4) is 0 Å². The molecule has 2 amide bonds. The van der Waals surface area contributed by atoms with Crippen LogP contribution in [0, 0.1) is 11.8 Å². The number of amides is 2. The number of benzene rings is 4. The van der Waals surface area contributed by atoms with Crippen LogP contribution in [0.15, 0.2) is 91.0 Å². The van der Waals surface area contributed by atoms with E-state index in [2.05, 4.69) is 12.1 Å². The number of anilines is 1. The van der Waals surface area contributed by atoms with Crippen molar-refractivity contribution in [2.24, 2.45) is 11.8 Å². The second kappa shape index (κ2) is 6.08. The van der Waals surface area contributed by atoms with E-state index in [1.807, 2.05) is 78.9 Å². The molecule has 0 aromatic heterocycles. The second-order valence-electron chi connectivity index (χ2n) is 8.88. The van der Waals surface area contributed by atoms with Gasteiger partial charge in [-0.1, -0.05) is 84.9 Å². The van der Waals surface area contributed by atoms with Gasteiger partial charge in [-0.05, 0) is 33.7 Å². The normalized spacial score (nSPS) is 27.4. The van der Waals surface area contributed by atoms with Crippen molar-refractivity contribution < 1.29 is 9.59 Å². The van der Waals surface area contributed by atoms with Crippen LogP contribution in [0.5, 0.6) is 0 Å². The predicted octanol–water partition coefficient (Wildman–Crippen LogP) is 5.59. The lowest BCUT2D eigenvalue weighted by molar-refractivity contribution is -0.122. The molecule has 32 heavy (non-hydrogen) atoms. The summed E-state index contributed by atoms with van der Waals surface area (Å²) in [5.41, 5.74) is 4.66. The molecule has 0 spiro atoms. The van der Waals surface area contributed by atoms with Crippen molar-refractivity contribution in [2.75, 3.05) is 4.90 Å². The molecule has 0 N–H and O–H groups in total. The average molecular weight is 436 g/mol. The van der Waals surface area contributed by atoms with Gasteiger partial charge in [-0.3, -0.25) is 9.59 Å². The second-order valence-corrected chi connectivity index (χ2v) is 9.47. The molecule has 0 saturated carbocycles. The Balaban J connectivity index is 1.50. The minimum Gasteiger partial charge on any atom is -0.274 e. The Morgan fingerprint density at radius 1 is 0.688 bits per heavy atom. The van der Waals surface area contributed by atoms with E-state index in [9.17, 15) is 9.59 Å². The summed E-state index contributed by atoms with van der Waals surface area (Å²) >= 11 is 7.49. The molecule has 4 heteroatoms. The van der Waals surface area contributed by atoms with Crippen LogP contribution in [0.1, 0.15) is 28.2 Å². The number of alkyl halides is 1. The number of halogens is 1. The van der Waals surface area contributed by atoms with Crippen LogP contribution < -0.4 is 4.90 Å². The maximum absolute atomic E-state index is 14.0. The van der Waals surface area contributed by atoms with Gasteiger partial charge in [-0.2, -0.15) is 0 Å². The first-order valence-corrected chi connectivity index (χ1v) is 11.2. The Labute approximate surface area is 190 Å². The minimum atomic E-state index is -1.06. The fraction of sp³-hybridized carbons (Fsp3) is 0.143. The number of nitrogens with zero attached hydrogens (tertiary/aromatic N) is 1. The van der Waals surface area contributed by atoms with Gasteiger partial charge in [0.25, 0.3) is 0 Å². The van der Waals surface area contributed by atoms with Gasteiger partial charge in [0.15, 0.2) is 0 Å². The zero-order chi connectivity index (χ0) is 21.6. The molecule has 8 rings (SSSR count). The molecule has 1 aliphatic heterocycles. The third-order valence-electron chi connectivity index (χ3n) is 7.52. The molecule has 3 aliphatic carbocycles. The lowest BCUT2D eigenvalue weighted by Gasteiger charge is -2.50. The first kappa shape index (κ1) is 18.2. The Hall–Kier alpha value is -3.43. The summed E-state index contributed by atoms with van der Waals surface area (Å²) in [5, 5.41) is 1.89. The van der Waals surface area contributed by atoms with Gasteiger partial charge in [-0.25, -0.2) is 4.90 Å². The smallest absolute Gasteiger partial charge is 0.240 e. The molecule has 1 fully saturated rings. The van der Waals surface area contributed by atoms with Gasteiger partial charge in [0.2, 0.25) is 11.8 Å². The SMILES string of the molecule is O=C1[C@@H]2C3c4ccccc4C(Cl)(c4ccccc43)[C@@H]2C(=O)N1c1cccc2ccccc12. The Morgan fingerprint density at radius 3 is 2.00 bits per heavy atom. The van der Waals surface area contributed by atoms with Crippen molar-refractivity contribution in [3.05, 3.63) is 113 Å². The fourth-order valence-electron chi connectivity index (χ4n) is 6.32. The lowest BCUT2D eigenvalue weighted by Crippen LogP contribution is -2.50. The zero-order valence-corrected chi connectivity index (χ0v) is 17.8. The van der Waals surface area contributed by atoms with Crippen LogP contribution in [0.25, 0.3) is 10.8 Å². The summed E-state index contributed by atoms with van der Waals surface area (Å²) in [6.07, 6.45) is 0. The quantitative estimate of drug-likeness (QED) is 0.289. The standard InChI is InChI=1S/C28H18ClNO2/c29-28-20-13-5-3-11-18(20)23(19-12-4-6-14-21(19)28)24-25(28)27(32)30(26(24)31)22-15-7-9-16-8-1-2-10-17(16)22/h1-15,23-25H/t23?,24-,25+,28?/m1/s1. The molecule has 3 nitrogen and oxygen atoms in total. The third-order valence-corrected chi connectivity index (χ3v) is 8.16. The third kappa shape index (κ3) is 1.98. The van der Waals surface area contributed by atoms with E-state index in [1.165, 1.54) is 4.90 Å². The maximum atomic E-state index is 14.0. The largest absolute Gasteiger partial charge is 0.274 e. The topological polar surface area (TPSA) is 37.4 Å². The van der Waals surface area contributed by atoms with Crippen molar-refractivity contribution in [1.82, 2.24) is 0 Å². The van der Waals surface area contributed by atoms with E-state index in [4.69, 9.17) is 11.6 Å². The van der Waals surface area contributed by atoms with E-state index in [-0.39, 0.29) is 17.7 Å². The monoisotopic (exact) mass is 435 g/mol. The molecule has 2 atom stereocenters. The van der Waals surface area contributed by atoms with Gasteiger partial charge in [0, 0.05) is 11.3 Å². The molecule has 4 aromatic rings. The van der Waals surface area contributed by atoms with Gasteiger partial charge < -0.3 is 0 Å². The lowest BCUT2D eigenvalue weighted by atomic mass is 9.54. The van der Waals surface area contributed by atoms with Crippen molar-refractivity contribution in [1.29, 1.82) is 0 Å². The van der Waals surface area contributed by atoms with Gasteiger partial charge >= 0.3 is 0 Å². The predicted molar refractivity (Wildman–Crippen MR) is 125 cm³/mol. The Morgan fingerprint density at radius 2 is 1.28 bits per heavy atom. The highest BCUT2D eigenvalue weighted by atomic mass is 35.5. The highest BCUT2D eigenvalue weighted by molar-refractivity contribution is 6.34. The van der Waals surface area contributed by atoms with Crippen LogP contribution in [-0.2, 0) is 14.5 Å². The van der Waals surface area contributed by atoms with Crippen molar-refractivity contribution >= 4 is 39.9 Å². The van der Waals surface area contributed by atoms with Crippen LogP contribution in [0.2, 0.25) is 0 Å². The molecular weight excluding hydrogens is 418 g/mol. The summed E-state index contributed by atoms with van der Waals surface area (Å²) < 4.78 is 0. The van der Waals surface area contributed by atoms with Crippen LogP contribution >= 0.6 is 11.6 Å². The number of carbonyl (C=O) groups is 2. The van der Waals surface area contributed by atoms with Crippen LogP contribution in [-0.4, -0.2) is 11.8 Å². The number of hydrogen-bond donors (Lipinski definition) is 0. The number of fused-ring (bicyclic) bond motifs is 1. The average Bonchev–Trinajstić information content (AvgIpc) is 3.10. The number of hydrogen-bond acceptors (Lipinski definition) is 2. The molecular formula is C28H18ClNO2. The first-order valence-electron chi connectivity index (χ1n) is 10.9. The van der Waals surface area contributed by atoms with Crippen molar-refractivity contribution in [2.45, 2.75) is 10.8 Å². The number of carbonyl (C=O) groups excluding carboxylic acids is 2. The maximum Gasteiger partial charge on any atom is 0.240 e.